The van der Waals surface area contributed by atoms with Gasteiger partial charge in [0.05, 0.1) is 10.7 Å². The lowest BCUT2D eigenvalue weighted by Gasteiger charge is -2.18. The second-order valence-electron chi connectivity index (χ2n) is 5.85. The van der Waals surface area contributed by atoms with Crippen molar-refractivity contribution in [2.45, 2.75) is 13.5 Å². The molecule has 24 heavy (non-hydrogen) atoms. The normalized spacial score (nSPS) is 14.0. The molecule has 3 aliphatic heterocycles. The van der Waals surface area contributed by atoms with Gasteiger partial charge < -0.3 is 15.6 Å². The van der Waals surface area contributed by atoms with E-state index in [0.717, 1.165) is 47.0 Å². The Labute approximate surface area is 144 Å². The second-order valence-corrected chi connectivity index (χ2v) is 6.25. The van der Waals surface area contributed by atoms with Crippen molar-refractivity contribution in [1.29, 1.82) is 0 Å². The van der Waals surface area contributed by atoms with E-state index in [-0.39, 0.29) is 0 Å². The van der Waals surface area contributed by atoms with Crippen LogP contribution in [0.5, 0.6) is 0 Å². The summed E-state index contributed by atoms with van der Waals surface area (Å²) in [7, 11) is 1.69. The highest BCUT2D eigenvalue weighted by Crippen LogP contribution is 2.39. The number of aryl methyl sites for hydroxylation is 1. The Kier molecular flexibility index (Phi) is 3.42. The summed E-state index contributed by atoms with van der Waals surface area (Å²) in [4.78, 5) is 12.9. The van der Waals surface area contributed by atoms with Gasteiger partial charge in [-0.05, 0) is 36.2 Å². The molecule has 1 aromatic carbocycles. The third-order valence-corrected chi connectivity index (χ3v) is 4.65. The van der Waals surface area contributed by atoms with Crippen LogP contribution in [0.15, 0.2) is 29.4 Å². The number of benzene rings is 1. The minimum Gasteiger partial charge on any atom is -0.398 e. The molecule has 0 aliphatic carbocycles. The number of hydrogen-bond donors (Lipinski definition) is 2. The molecule has 7 heteroatoms. The van der Waals surface area contributed by atoms with Crippen molar-refractivity contribution < 1.29 is 0 Å². The fraction of sp³-hybridized carbons (Fsp3) is 0.235. The maximum Gasteiger partial charge on any atom is 0.246 e. The van der Waals surface area contributed by atoms with Crippen LogP contribution in [0.25, 0.3) is 22.5 Å². The average Bonchev–Trinajstić information content (AvgIpc) is 3.07. The molecular weight excluding hydrogens is 324 g/mol. The number of halogens is 1. The van der Waals surface area contributed by atoms with Crippen molar-refractivity contribution in [3.8, 4) is 22.5 Å². The largest absolute Gasteiger partial charge is 0.398 e. The maximum atomic E-state index is 6.14. The summed E-state index contributed by atoms with van der Waals surface area (Å²) in [5.41, 5.74) is 11.3. The number of pyridine rings is 1. The fourth-order valence-electron chi connectivity index (χ4n) is 3.15. The van der Waals surface area contributed by atoms with Gasteiger partial charge in [-0.1, -0.05) is 11.6 Å². The average molecular weight is 341 g/mol. The molecule has 0 radical (unpaired) electrons. The van der Waals surface area contributed by atoms with Crippen molar-refractivity contribution >= 4 is 23.1 Å². The Bertz CT molecular complexity index is 991. The lowest BCUT2D eigenvalue weighted by molar-refractivity contribution is 0.779. The molecule has 122 valence electrons. The van der Waals surface area contributed by atoms with Gasteiger partial charge in [0.1, 0.15) is 11.6 Å². The van der Waals surface area contributed by atoms with Crippen molar-refractivity contribution in [2.24, 2.45) is 4.99 Å². The zero-order valence-electron chi connectivity index (χ0n) is 13.5. The molecule has 0 fully saturated rings. The molecule has 0 saturated carbocycles. The predicted molar refractivity (Wildman–Crippen MR) is 96.2 cm³/mol. The topological polar surface area (TPSA) is 81.1 Å². The third-order valence-electron chi connectivity index (χ3n) is 4.33. The highest BCUT2D eigenvalue weighted by molar-refractivity contribution is 6.33. The first-order valence-electron chi connectivity index (χ1n) is 7.72. The molecule has 3 heterocycles. The van der Waals surface area contributed by atoms with Crippen LogP contribution in [-0.4, -0.2) is 28.1 Å². The molecule has 3 aliphatic rings. The van der Waals surface area contributed by atoms with Crippen molar-refractivity contribution in [3.63, 3.8) is 0 Å². The zero-order chi connectivity index (χ0) is 16.8. The number of rotatable bonds is 1. The lowest BCUT2D eigenvalue weighted by Crippen LogP contribution is -2.17. The van der Waals surface area contributed by atoms with Crippen LogP contribution >= 0.6 is 11.6 Å². The summed E-state index contributed by atoms with van der Waals surface area (Å²) < 4.78 is 2.17. The monoisotopic (exact) mass is 340 g/mol. The van der Waals surface area contributed by atoms with Crippen LogP contribution < -0.4 is 16.7 Å². The molecule has 0 saturated heterocycles. The Balaban J connectivity index is 2.05. The van der Waals surface area contributed by atoms with E-state index in [1.165, 1.54) is 0 Å². The molecule has 0 unspecified atom stereocenters. The van der Waals surface area contributed by atoms with E-state index < -0.39 is 0 Å². The number of aromatic nitrogens is 3. The maximum absolute atomic E-state index is 6.14. The summed E-state index contributed by atoms with van der Waals surface area (Å²) >= 11 is 6.14. The van der Waals surface area contributed by atoms with Gasteiger partial charge in [0.25, 0.3) is 0 Å². The van der Waals surface area contributed by atoms with Gasteiger partial charge in [-0.3, -0.25) is 4.99 Å². The number of nitrogens with one attached hydrogen (secondary N) is 1. The van der Waals surface area contributed by atoms with E-state index in [1.54, 1.807) is 7.05 Å². The van der Waals surface area contributed by atoms with E-state index in [2.05, 4.69) is 30.9 Å². The Hall–Kier alpha value is -2.60. The predicted octanol–water partition coefficient (Wildman–Crippen LogP) is 2.55. The van der Waals surface area contributed by atoms with Gasteiger partial charge in [-0.2, -0.15) is 4.98 Å². The minimum absolute atomic E-state index is 0.490. The highest BCUT2D eigenvalue weighted by atomic mass is 35.5. The van der Waals surface area contributed by atoms with Crippen LogP contribution in [-0.2, 0) is 6.54 Å². The van der Waals surface area contributed by atoms with Crippen LogP contribution in [0.2, 0.25) is 5.02 Å². The van der Waals surface area contributed by atoms with Crippen LogP contribution in [0.4, 0.5) is 11.5 Å². The Morgan fingerprint density at radius 3 is 2.92 bits per heavy atom. The molecule has 0 aromatic heterocycles. The van der Waals surface area contributed by atoms with E-state index in [9.17, 15) is 0 Å². The molecule has 6 nitrogen and oxygen atoms in total. The standard InChI is InChI=1S/C17H17ClN6/c1-9-5-13(18)14(19)7-11(9)12-6-10-8-22-17(20-2)23-15(10)24-4-3-21-16(12)24/h5-8,21H,3-4,19H2,1-2H3. The quantitative estimate of drug-likeness (QED) is 0.667. The van der Waals surface area contributed by atoms with Gasteiger partial charge in [0, 0.05) is 37.5 Å². The molecule has 0 atom stereocenters. The van der Waals surface area contributed by atoms with Crippen LogP contribution in [0.3, 0.4) is 0 Å². The molecular formula is C17H17ClN6. The van der Waals surface area contributed by atoms with Crippen molar-refractivity contribution in [2.75, 3.05) is 24.6 Å². The molecule has 4 rings (SSSR count). The molecule has 0 spiro atoms. The van der Waals surface area contributed by atoms with Gasteiger partial charge in [-0.25, -0.2) is 4.98 Å². The van der Waals surface area contributed by atoms with Crippen LogP contribution in [0.1, 0.15) is 5.56 Å². The summed E-state index contributed by atoms with van der Waals surface area (Å²) in [5.74, 6) is 1.92. The summed E-state index contributed by atoms with van der Waals surface area (Å²) in [6.45, 7) is 3.74. The first-order chi connectivity index (χ1) is 11.6. The van der Waals surface area contributed by atoms with Gasteiger partial charge >= 0.3 is 0 Å². The lowest BCUT2D eigenvalue weighted by atomic mass is 9.98. The summed E-state index contributed by atoms with van der Waals surface area (Å²) in [6.07, 6.45) is 1.81. The first kappa shape index (κ1) is 15.0. The van der Waals surface area contributed by atoms with E-state index in [4.69, 9.17) is 17.3 Å². The zero-order valence-corrected chi connectivity index (χ0v) is 14.2. The third kappa shape index (κ3) is 2.22. The van der Waals surface area contributed by atoms with Gasteiger partial charge in [0.2, 0.25) is 5.62 Å². The summed E-state index contributed by atoms with van der Waals surface area (Å²) in [6, 6.07) is 5.92. The highest BCUT2D eigenvalue weighted by Gasteiger charge is 2.23. The molecule has 1 aromatic rings. The van der Waals surface area contributed by atoms with Crippen molar-refractivity contribution in [3.05, 3.63) is 40.6 Å². The number of anilines is 2. The fourth-order valence-corrected chi connectivity index (χ4v) is 3.37. The van der Waals surface area contributed by atoms with Crippen LogP contribution in [0, 0.1) is 6.92 Å². The van der Waals surface area contributed by atoms with E-state index in [1.807, 2.05) is 25.3 Å². The first-order valence-corrected chi connectivity index (χ1v) is 8.09. The SMILES string of the molecule is CN=c1ncc2cc(-c3cc(N)c(Cl)cc3C)c3n(c-2n1)CCN3. The smallest absolute Gasteiger partial charge is 0.246 e. The second kappa shape index (κ2) is 5.49. The van der Waals surface area contributed by atoms with Gasteiger partial charge in [0.15, 0.2) is 0 Å². The van der Waals surface area contributed by atoms with Gasteiger partial charge in [-0.15, -0.1) is 0 Å². The molecule has 0 amide bonds. The van der Waals surface area contributed by atoms with E-state index >= 15 is 0 Å². The Morgan fingerprint density at radius 2 is 2.12 bits per heavy atom. The molecule has 0 bridgehead atoms. The number of hydrogen-bond acceptors (Lipinski definition) is 5. The van der Waals surface area contributed by atoms with Crippen molar-refractivity contribution in [1.82, 2.24) is 14.5 Å². The Morgan fingerprint density at radius 1 is 1.29 bits per heavy atom. The number of nitrogens with two attached hydrogens (primary N) is 1. The molecule has 3 N–H and O–H groups in total. The minimum atomic E-state index is 0.490. The number of nitrogens with zero attached hydrogens (tertiary/aromatic N) is 4. The summed E-state index contributed by atoms with van der Waals surface area (Å²) in [5, 5.41) is 4.03. The number of fused-ring (bicyclic) bond motifs is 3. The number of nitrogen functional groups attached to an aromatic ring is 1. The van der Waals surface area contributed by atoms with E-state index in [0.29, 0.717) is 16.3 Å².